The third-order valence-corrected chi connectivity index (χ3v) is 5.60. The number of hydrogen-bond acceptors (Lipinski definition) is 6. The lowest BCUT2D eigenvalue weighted by Gasteiger charge is -2.18. The molecule has 7 nitrogen and oxygen atoms in total. The molecule has 1 aromatic heterocycles. The molecule has 0 aliphatic carbocycles. The molecule has 7 heteroatoms. The van der Waals surface area contributed by atoms with Crippen molar-refractivity contribution in [1.82, 2.24) is 9.55 Å². The summed E-state index contributed by atoms with van der Waals surface area (Å²) in [5.41, 5.74) is 9.97. The molecule has 0 saturated carbocycles. The second kappa shape index (κ2) is 9.34. The minimum absolute atomic E-state index is 0.120. The number of nitrogens with two attached hydrogens (primary N) is 1. The van der Waals surface area contributed by atoms with Crippen molar-refractivity contribution in [3.05, 3.63) is 81.6 Å². The van der Waals surface area contributed by atoms with Gasteiger partial charge in [-0.3, -0.25) is 9.36 Å². The lowest BCUT2D eigenvalue weighted by Crippen LogP contribution is -2.24. The van der Waals surface area contributed by atoms with Crippen LogP contribution in [0.25, 0.3) is 22.3 Å². The standard InChI is InChI=1S/C26H27N3O4/c1-16-8-9-21-20(10-16)26(30)29(15-18-7-5-6-17(11-18)14-27)25(28-21)19-12-22(31-2)24(33-4)23(13-19)32-3/h5-13H,14-15,27H2,1-4H3. The van der Waals surface area contributed by atoms with E-state index < -0.39 is 0 Å². The van der Waals surface area contributed by atoms with Crippen molar-refractivity contribution in [1.29, 1.82) is 0 Å². The van der Waals surface area contributed by atoms with E-state index in [0.717, 1.165) is 16.7 Å². The quantitative estimate of drug-likeness (QED) is 0.464. The van der Waals surface area contributed by atoms with E-state index in [1.54, 1.807) is 38.0 Å². The van der Waals surface area contributed by atoms with Gasteiger partial charge in [-0.05, 0) is 42.3 Å². The number of fused-ring (bicyclic) bond motifs is 1. The van der Waals surface area contributed by atoms with Crippen LogP contribution in [0.3, 0.4) is 0 Å². The Morgan fingerprint density at radius 2 is 1.61 bits per heavy atom. The van der Waals surface area contributed by atoms with Crippen LogP contribution in [0, 0.1) is 6.92 Å². The number of aromatic nitrogens is 2. The monoisotopic (exact) mass is 445 g/mol. The van der Waals surface area contributed by atoms with Crippen molar-refractivity contribution in [2.45, 2.75) is 20.0 Å². The first-order valence-electron chi connectivity index (χ1n) is 10.6. The maximum Gasteiger partial charge on any atom is 0.261 e. The highest BCUT2D eigenvalue weighted by Gasteiger charge is 2.19. The zero-order valence-corrected chi connectivity index (χ0v) is 19.2. The van der Waals surface area contributed by atoms with Gasteiger partial charge in [-0.25, -0.2) is 4.98 Å². The summed E-state index contributed by atoms with van der Waals surface area (Å²) in [7, 11) is 4.67. The second-order valence-electron chi connectivity index (χ2n) is 7.79. The van der Waals surface area contributed by atoms with Gasteiger partial charge >= 0.3 is 0 Å². The molecule has 1 heterocycles. The van der Waals surface area contributed by atoms with Gasteiger partial charge in [0.05, 0.1) is 38.8 Å². The van der Waals surface area contributed by atoms with Gasteiger partial charge in [-0.1, -0.05) is 35.9 Å². The Labute approximate surface area is 192 Å². The van der Waals surface area contributed by atoms with E-state index in [1.165, 1.54) is 0 Å². The van der Waals surface area contributed by atoms with Crippen LogP contribution in [0.4, 0.5) is 0 Å². The molecule has 0 aliphatic heterocycles. The van der Waals surface area contributed by atoms with Crippen LogP contribution < -0.4 is 25.5 Å². The molecule has 0 radical (unpaired) electrons. The largest absolute Gasteiger partial charge is 0.493 e. The maximum atomic E-state index is 13.7. The Balaban J connectivity index is 2.00. The summed E-state index contributed by atoms with van der Waals surface area (Å²) in [6, 6.07) is 17.2. The van der Waals surface area contributed by atoms with Gasteiger partial charge < -0.3 is 19.9 Å². The lowest BCUT2D eigenvalue weighted by atomic mass is 10.1. The maximum absolute atomic E-state index is 13.7. The normalized spacial score (nSPS) is 10.9. The first-order valence-corrected chi connectivity index (χ1v) is 10.6. The molecule has 0 unspecified atom stereocenters. The van der Waals surface area contributed by atoms with Crippen molar-refractivity contribution >= 4 is 10.9 Å². The average molecular weight is 446 g/mol. The van der Waals surface area contributed by atoms with E-state index in [-0.39, 0.29) is 5.56 Å². The Bertz CT molecular complexity index is 1350. The van der Waals surface area contributed by atoms with Crippen LogP contribution in [-0.4, -0.2) is 30.9 Å². The molecule has 0 saturated heterocycles. The van der Waals surface area contributed by atoms with Crippen molar-refractivity contribution in [2.75, 3.05) is 21.3 Å². The molecule has 0 atom stereocenters. The fourth-order valence-electron chi connectivity index (χ4n) is 3.95. The number of aryl methyl sites for hydroxylation is 1. The average Bonchev–Trinajstić information content (AvgIpc) is 2.85. The molecule has 33 heavy (non-hydrogen) atoms. The van der Waals surface area contributed by atoms with E-state index >= 15 is 0 Å². The van der Waals surface area contributed by atoms with Crippen LogP contribution in [-0.2, 0) is 13.1 Å². The fourth-order valence-corrected chi connectivity index (χ4v) is 3.95. The summed E-state index contributed by atoms with van der Waals surface area (Å²) in [4.78, 5) is 18.6. The zero-order valence-electron chi connectivity index (χ0n) is 19.2. The Morgan fingerprint density at radius 3 is 2.24 bits per heavy atom. The van der Waals surface area contributed by atoms with Crippen LogP contribution in [0.1, 0.15) is 16.7 Å². The topological polar surface area (TPSA) is 88.6 Å². The smallest absolute Gasteiger partial charge is 0.261 e. The van der Waals surface area contributed by atoms with E-state index in [0.29, 0.717) is 52.6 Å². The molecule has 0 amide bonds. The molecule has 170 valence electrons. The zero-order chi connectivity index (χ0) is 23.5. The molecular formula is C26H27N3O4. The van der Waals surface area contributed by atoms with Crippen molar-refractivity contribution in [3.63, 3.8) is 0 Å². The van der Waals surface area contributed by atoms with Crippen molar-refractivity contribution < 1.29 is 14.2 Å². The SMILES string of the molecule is COc1cc(-c2nc3ccc(C)cc3c(=O)n2Cc2cccc(CN)c2)cc(OC)c1OC. The van der Waals surface area contributed by atoms with Crippen LogP contribution >= 0.6 is 0 Å². The van der Waals surface area contributed by atoms with Crippen LogP contribution in [0.15, 0.2) is 59.4 Å². The number of rotatable bonds is 7. The van der Waals surface area contributed by atoms with E-state index in [2.05, 4.69) is 0 Å². The molecule has 0 aliphatic rings. The highest BCUT2D eigenvalue weighted by Crippen LogP contribution is 2.41. The number of ether oxygens (including phenoxy) is 3. The van der Waals surface area contributed by atoms with E-state index in [1.807, 2.05) is 49.4 Å². The second-order valence-corrected chi connectivity index (χ2v) is 7.79. The van der Waals surface area contributed by atoms with Gasteiger partial charge in [-0.15, -0.1) is 0 Å². The summed E-state index contributed by atoms with van der Waals surface area (Å²) >= 11 is 0. The summed E-state index contributed by atoms with van der Waals surface area (Å²) in [6.07, 6.45) is 0. The number of nitrogens with zero attached hydrogens (tertiary/aromatic N) is 2. The highest BCUT2D eigenvalue weighted by atomic mass is 16.5. The van der Waals surface area contributed by atoms with Gasteiger partial charge in [0, 0.05) is 12.1 Å². The van der Waals surface area contributed by atoms with Crippen molar-refractivity contribution in [2.24, 2.45) is 5.73 Å². The molecule has 0 spiro atoms. The Morgan fingerprint density at radius 1 is 0.909 bits per heavy atom. The minimum atomic E-state index is -0.120. The summed E-state index contributed by atoms with van der Waals surface area (Å²) in [5, 5.41) is 0.571. The third kappa shape index (κ3) is 4.27. The van der Waals surface area contributed by atoms with Crippen LogP contribution in [0.2, 0.25) is 0 Å². The number of methoxy groups -OCH3 is 3. The van der Waals surface area contributed by atoms with E-state index in [4.69, 9.17) is 24.9 Å². The van der Waals surface area contributed by atoms with Gasteiger partial charge in [0.25, 0.3) is 5.56 Å². The highest BCUT2D eigenvalue weighted by molar-refractivity contribution is 5.81. The van der Waals surface area contributed by atoms with E-state index in [9.17, 15) is 4.79 Å². The Kier molecular flexibility index (Phi) is 6.33. The predicted molar refractivity (Wildman–Crippen MR) is 129 cm³/mol. The van der Waals surface area contributed by atoms with Gasteiger partial charge in [0.1, 0.15) is 5.82 Å². The van der Waals surface area contributed by atoms with Crippen LogP contribution in [0.5, 0.6) is 17.2 Å². The summed E-state index contributed by atoms with van der Waals surface area (Å²) < 4.78 is 18.2. The summed E-state index contributed by atoms with van der Waals surface area (Å²) in [5.74, 6) is 1.96. The van der Waals surface area contributed by atoms with Gasteiger partial charge in [0.2, 0.25) is 5.75 Å². The van der Waals surface area contributed by atoms with Crippen molar-refractivity contribution in [3.8, 4) is 28.6 Å². The van der Waals surface area contributed by atoms with Gasteiger partial charge in [-0.2, -0.15) is 0 Å². The molecular weight excluding hydrogens is 418 g/mol. The fraction of sp³-hybridized carbons (Fsp3) is 0.231. The first-order chi connectivity index (χ1) is 16.0. The summed E-state index contributed by atoms with van der Waals surface area (Å²) in [6.45, 7) is 2.73. The number of benzene rings is 3. The Hall–Kier alpha value is -3.84. The predicted octanol–water partition coefficient (Wildman–Crippen LogP) is 3.90. The molecule has 2 N–H and O–H groups in total. The molecule has 4 rings (SSSR count). The third-order valence-electron chi connectivity index (χ3n) is 5.60. The van der Waals surface area contributed by atoms with Gasteiger partial charge in [0.15, 0.2) is 11.5 Å². The number of hydrogen-bond donors (Lipinski definition) is 1. The molecule has 3 aromatic carbocycles. The first kappa shape index (κ1) is 22.4. The lowest BCUT2D eigenvalue weighted by molar-refractivity contribution is 0.324. The molecule has 0 fully saturated rings. The minimum Gasteiger partial charge on any atom is -0.493 e. The molecule has 0 bridgehead atoms. The molecule has 4 aromatic rings.